The fourth-order valence-corrected chi connectivity index (χ4v) is 1.74. The molecule has 3 N–H and O–H groups in total. The SMILES string of the molecule is CCOC(=O)CCCNc1cccc(OC(C)C)c1N. The van der Waals surface area contributed by atoms with Crippen LogP contribution >= 0.6 is 0 Å². The van der Waals surface area contributed by atoms with Crippen molar-refractivity contribution in [3.63, 3.8) is 0 Å². The molecule has 1 rings (SSSR count). The van der Waals surface area contributed by atoms with E-state index in [2.05, 4.69) is 5.32 Å². The molecule has 0 unspecified atom stereocenters. The number of hydrogen-bond acceptors (Lipinski definition) is 5. The summed E-state index contributed by atoms with van der Waals surface area (Å²) in [6.07, 6.45) is 1.19. The first kappa shape index (κ1) is 16.1. The first-order valence-electron chi connectivity index (χ1n) is 6.99. The molecule has 0 amide bonds. The smallest absolute Gasteiger partial charge is 0.305 e. The first-order chi connectivity index (χ1) is 9.54. The van der Waals surface area contributed by atoms with Crippen LogP contribution in [0.4, 0.5) is 11.4 Å². The van der Waals surface area contributed by atoms with Crippen LogP contribution in [0.25, 0.3) is 0 Å². The van der Waals surface area contributed by atoms with Gasteiger partial charge in [-0.1, -0.05) is 6.07 Å². The van der Waals surface area contributed by atoms with E-state index in [-0.39, 0.29) is 12.1 Å². The molecule has 1 aromatic rings. The quantitative estimate of drug-likeness (QED) is 0.435. The summed E-state index contributed by atoms with van der Waals surface area (Å²) in [5.74, 6) is 0.509. The van der Waals surface area contributed by atoms with Crippen molar-refractivity contribution in [3.05, 3.63) is 18.2 Å². The molecule has 0 fully saturated rings. The number of carbonyl (C=O) groups excluding carboxylic acids is 1. The van der Waals surface area contributed by atoms with Gasteiger partial charge in [0.05, 0.1) is 24.1 Å². The monoisotopic (exact) mass is 280 g/mol. The van der Waals surface area contributed by atoms with Crippen molar-refractivity contribution in [2.45, 2.75) is 39.7 Å². The van der Waals surface area contributed by atoms with Crippen LogP contribution in [-0.2, 0) is 9.53 Å². The standard InChI is InChI=1S/C15H24N2O3/c1-4-19-14(18)9-6-10-17-12-7-5-8-13(15(12)16)20-11(2)3/h5,7-8,11,17H,4,6,9-10,16H2,1-3H3. The number of hydrogen-bond donors (Lipinski definition) is 2. The molecule has 0 aliphatic heterocycles. The summed E-state index contributed by atoms with van der Waals surface area (Å²) in [5.41, 5.74) is 7.46. The van der Waals surface area contributed by atoms with Crippen molar-refractivity contribution < 1.29 is 14.3 Å². The fourth-order valence-electron chi connectivity index (χ4n) is 1.74. The highest BCUT2D eigenvalue weighted by Crippen LogP contribution is 2.30. The molecule has 0 atom stereocenters. The van der Waals surface area contributed by atoms with E-state index in [1.54, 1.807) is 6.92 Å². The molecule has 1 aromatic carbocycles. The average molecular weight is 280 g/mol. The molecule has 0 saturated carbocycles. The Hall–Kier alpha value is -1.91. The fraction of sp³-hybridized carbons (Fsp3) is 0.533. The molecule has 0 radical (unpaired) electrons. The number of esters is 1. The van der Waals surface area contributed by atoms with Crippen LogP contribution in [0.1, 0.15) is 33.6 Å². The Morgan fingerprint density at radius 1 is 1.40 bits per heavy atom. The number of nitrogen functional groups attached to an aromatic ring is 1. The van der Waals surface area contributed by atoms with Crippen molar-refractivity contribution in [1.82, 2.24) is 0 Å². The molecule has 0 aliphatic carbocycles. The van der Waals surface area contributed by atoms with Crippen molar-refractivity contribution in [1.29, 1.82) is 0 Å². The van der Waals surface area contributed by atoms with Gasteiger partial charge in [0, 0.05) is 13.0 Å². The zero-order valence-corrected chi connectivity index (χ0v) is 12.4. The van der Waals surface area contributed by atoms with Crippen molar-refractivity contribution in [3.8, 4) is 5.75 Å². The predicted octanol–water partition coefficient (Wildman–Crippen LogP) is 2.81. The number of para-hydroxylation sites is 1. The number of rotatable bonds is 8. The van der Waals surface area contributed by atoms with Gasteiger partial charge in [-0.15, -0.1) is 0 Å². The summed E-state index contributed by atoms with van der Waals surface area (Å²) < 4.78 is 10.5. The molecule has 0 heterocycles. The van der Waals surface area contributed by atoms with Gasteiger partial charge in [0.25, 0.3) is 0 Å². The van der Waals surface area contributed by atoms with E-state index in [9.17, 15) is 4.79 Å². The molecule has 0 aromatic heterocycles. The van der Waals surface area contributed by atoms with E-state index < -0.39 is 0 Å². The van der Waals surface area contributed by atoms with Crippen LogP contribution in [-0.4, -0.2) is 25.2 Å². The topological polar surface area (TPSA) is 73.6 Å². The molecule has 5 heteroatoms. The molecular weight excluding hydrogens is 256 g/mol. The Kier molecular flexibility index (Phi) is 6.70. The highest BCUT2D eigenvalue weighted by atomic mass is 16.5. The molecule has 0 saturated heterocycles. The van der Waals surface area contributed by atoms with Crippen LogP contribution in [0.3, 0.4) is 0 Å². The second kappa shape index (κ2) is 8.30. The van der Waals surface area contributed by atoms with Gasteiger partial charge >= 0.3 is 5.97 Å². The van der Waals surface area contributed by atoms with Gasteiger partial charge in [-0.25, -0.2) is 0 Å². The molecule has 112 valence electrons. The third-order valence-corrected chi connectivity index (χ3v) is 2.61. The van der Waals surface area contributed by atoms with Gasteiger partial charge in [-0.2, -0.15) is 0 Å². The predicted molar refractivity (Wildman–Crippen MR) is 81.0 cm³/mol. The lowest BCUT2D eigenvalue weighted by Gasteiger charge is -2.15. The number of nitrogens with one attached hydrogen (secondary N) is 1. The number of anilines is 2. The number of ether oxygens (including phenoxy) is 2. The van der Waals surface area contributed by atoms with Gasteiger partial charge in [0.2, 0.25) is 0 Å². The van der Waals surface area contributed by atoms with Gasteiger partial charge in [-0.3, -0.25) is 4.79 Å². The van der Waals surface area contributed by atoms with E-state index in [1.165, 1.54) is 0 Å². The lowest BCUT2D eigenvalue weighted by molar-refractivity contribution is -0.143. The first-order valence-corrected chi connectivity index (χ1v) is 6.99. The van der Waals surface area contributed by atoms with Gasteiger partial charge < -0.3 is 20.5 Å². The lowest BCUT2D eigenvalue weighted by Crippen LogP contribution is -2.11. The second-order valence-electron chi connectivity index (χ2n) is 4.72. The third kappa shape index (κ3) is 5.38. The highest BCUT2D eigenvalue weighted by Gasteiger charge is 2.07. The Morgan fingerprint density at radius 2 is 2.15 bits per heavy atom. The molecule has 0 aliphatic rings. The summed E-state index contributed by atoms with van der Waals surface area (Å²) in [6, 6.07) is 5.63. The van der Waals surface area contributed by atoms with E-state index in [0.29, 0.717) is 37.4 Å². The van der Waals surface area contributed by atoms with E-state index in [4.69, 9.17) is 15.2 Å². The van der Waals surface area contributed by atoms with Crippen LogP contribution in [0.2, 0.25) is 0 Å². The summed E-state index contributed by atoms with van der Waals surface area (Å²) in [6.45, 7) is 6.80. The lowest BCUT2D eigenvalue weighted by atomic mass is 10.2. The zero-order valence-electron chi connectivity index (χ0n) is 12.4. The summed E-state index contributed by atoms with van der Waals surface area (Å²) >= 11 is 0. The average Bonchev–Trinajstić information content (AvgIpc) is 2.38. The Balaban J connectivity index is 2.46. The molecular formula is C15H24N2O3. The van der Waals surface area contributed by atoms with E-state index >= 15 is 0 Å². The highest BCUT2D eigenvalue weighted by molar-refractivity contribution is 5.73. The summed E-state index contributed by atoms with van der Waals surface area (Å²) in [5, 5.41) is 3.21. The molecule has 0 bridgehead atoms. The summed E-state index contributed by atoms with van der Waals surface area (Å²) in [7, 11) is 0. The summed E-state index contributed by atoms with van der Waals surface area (Å²) in [4.78, 5) is 11.2. The number of nitrogens with two attached hydrogens (primary N) is 1. The van der Waals surface area contributed by atoms with Gasteiger partial charge in [0.1, 0.15) is 5.75 Å². The van der Waals surface area contributed by atoms with Crippen LogP contribution in [0.15, 0.2) is 18.2 Å². The normalized spacial score (nSPS) is 10.4. The Morgan fingerprint density at radius 3 is 2.80 bits per heavy atom. The minimum absolute atomic E-state index is 0.0800. The third-order valence-electron chi connectivity index (χ3n) is 2.61. The Bertz CT molecular complexity index is 433. The van der Waals surface area contributed by atoms with Crippen LogP contribution in [0, 0.1) is 0 Å². The largest absolute Gasteiger partial charge is 0.489 e. The second-order valence-corrected chi connectivity index (χ2v) is 4.72. The van der Waals surface area contributed by atoms with Crippen molar-refractivity contribution >= 4 is 17.3 Å². The van der Waals surface area contributed by atoms with Crippen LogP contribution < -0.4 is 15.8 Å². The van der Waals surface area contributed by atoms with Crippen LogP contribution in [0.5, 0.6) is 5.75 Å². The molecule has 0 spiro atoms. The maximum absolute atomic E-state index is 11.2. The maximum Gasteiger partial charge on any atom is 0.305 e. The Labute approximate surface area is 120 Å². The minimum atomic E-state index is -0.167. The maximum atomic E-state index is 11.2. The zero-order chi connectivity index (χ0) is 15.0. The van der Waals surface area contributed by atoms with Gasteiger partial charge in [-0.05, 0) is 39.3 Å². The van der Waals surface area contributed by atoms with E-state index in [0.717, 1.165) is 5.69 Å². The molecule has 20 heavy (non-hydrogen) atoms. The van der Waals surface area contributed by atoms with Crippen molar-refractivity contribution in [2.75, 3.05) is 24.2 Å². The number of carbonyl (C=O) groups is 1. The minimum Gasteiger partial charge on any atom is -0.489 e. The molecule has 5 nitrogen and oxygen atoms in total. The van der Waals surface area contributed by atoms with Gasteiger partial charge in [0.15, 0.2) is 0 Å². The van der Waals surface area contributed by atoms with E-state index in [1.807, 2.05) is 32.0 Å². The number of benzene rings is 1. The van der Waals surface area contributed by atoms with Crippen molar-refractivity contribution in [2.24, 2.45) is 0 Å².